The molecule has 2 aliphatic heterocycles. The number of ether oxygens (including phenoxy) is 3. The van der Waals surface area contributed by atoms with Crippen LogP contribution in [0.1, 0.15) is 36.5 Å². The van der Waals surface area contributed by atoms with Gasteiger partial charge in [-0.25, -0.2) is 0 Å². The van der Waals surface area contributed by atoms with Crippen LogP contribution in [-0.4, -0.2) is 55.2 Å². The Labute approximate surface area is 209 Å². The zero-order valence-electron chi connectivity index (χ0n) is 20.1. The molecule has 0 saturated heterocycles. The molecule has 0 bridgehead atoms. The van der Waals surface area contributed by atoms with Gasteiger partial charge in [0.05, 0.1) is 12.9 Å². The Bertz CT molecular complexity index is 1150. The van der Waals surface area contributed by atoms with E-state index in [1.54, 1.807) is 6.34 Å². The van der Waals surface area contributed by atoms with Crippen LogP contribution in [0.3, 0.4) is 0 Å². The van der Waals surface area contributed by atoms with E-state index < -0.39 is 29.1 Å². The van der Waals surface area contributed by atoms with E-state index >= 15 is 0 Å². The molecule has 1 unspecified atom stereocenters. The predicted octanol–water partition coefficient (Wildman–Crippen LogP) is 5.45. The highest BCUT2D eigenvalue weighted by atomic mass is 19.4. The van der Waals surface area contributed by atoms with Crippen molar-refractivity contribution in [3.05, 3.63) is 53.1 Å². The fourth-order valence-corrected chi connectivity index (χ4v) is 4.34. The number of rotatable bonds is 8. The van der Waals surface area contributed by atoms with Crippen LogP contribution in [0.15, 0.2) is 41.4 Å². The molecule has 0 aromatic heterocycles. The molecule has 6 nitrogen and oxygen atoms in total. The Morgan fingerprint density at radius 1 is 1.00 bits per heavy atom. The van der Waals surface area contributed by atoms with Crippen molar-refractivity contribution in [1.82, 2.24) is 4.90 Å². The summed E-state index contributed by atoms with van der Waals surface area (Å²) >= 11 is 0. The normalized spacial score (nSPS) is 19.5. The zero-order valence-corrected chi connectivity index (χ0v) is 20.1. The summed E-state index contributed by atoms with van der Waals surface area (Å²) in [6.45, 7) is 5.11. The molecule has 2 heterocycles. The van der Waals surface area contributed by atoms with Gasteiger partial charge >= 0.3 is 12.4 Å². The number of nitrogens with zero attached hydrogens (tertiary/aromatic N) is 2. The summed E-state index contributed by atoms with van der Waals surface area (Å²) in [5.74, 6) is 1.54. The monoisotopic (exact) mass is 532 g/mol. The standard InChI is InChI=1S/C25H26F6N2O4/c1-16-11-18(23(34,24(26,27)28)25(29,30)31)6-7-19(16)35-10-4-3-9-33-13-22(2,32-14-33)17-5-8-20-21(12-17)37-15-36-20/h5-8,11-12,14,34H,3-4,9-10,13,15H2,1-2H3. The van der Waals surface area contributed by atoms with E-state index in [0.29, 0.717) is 43.1 Å². The lowest BCUT2D eigenvalue weighted by atomic mass is 9.91. The van der Waals surface area contributed by atoms with Crippen molar-refractivity contribution in [2.24, 2.45) is 4.99 Å². The van der Waals surface area contributed by atoms with Crippen molar-refractivity contribution in [2.75, 3.05) is 26.5 Å². The van der Waals surface area contributed by atoms with Gasteiger partial charge < -0.3 is 24.2 Å². The number of aliphatic imine (C=N–C) groups is 1. The number of hydrogen-bond acceptors (Lipinski definition) is 6. The Kier molecular flexibility index (Phi) is 7.00. The van der Waals surface area contributed by atoms with Crippen molar-refractivity contribution in [2.45, 2.75) is 50.2 Å². The van der Waals surface area contributed by atoms with E-state index in [1.165, 1.54) is 6.92 Å². The number of halogens is 6. The second kappa shape index (κ2) is 9.62. The van der Waals surface area contributed by atoms with Crippen molar-refractivity contribution in [3.8, 4) is 17.2 Å². The largest absolute Gasteiger partial charge is 0.493 e. The predicted molar refractivity (Wildman–Crippen MR) is 122 cm³/mol. The third-order valence-corrected chi connectivity index (χ3v) is 6.52. The molecule has 1 atom stereocenters. The molecule has 37 heavy (non-hydrogen) atoms. The molecule has 12 heteroatoms. The molecule has 2 aromatic rings. The van der Waals surface area contributed by atoms with Crippen LogP contribution in [0.4, 0.5) is 26.3 Å². The minimum Gasteiger partial charge on any atom is -0.493 e. The fourth-order valence-electron chi connectivity index (χ4n) is 4.34. The molecule has 0 radical (unpaired) electrons. The van der Waals surface area contributed by atoms with E-state index in [2.05, 4.69) is 9.89 Å². The van der Waals surface area contributed by atoms with E-state index in [4.69, 9.17) is 14.2 Å². The van der Waals surface area contributed by atoms with Gasteiger partial charge in [0.1, 0.15) is 11.3 Å². The van der Waals surface area contributed by atoms with Gasteiger partial charge in [-0.1, -0.05) is 12.1 Å². The van der Waals surface area contributed by atoms with Crippen LogP contribution in [0.2, 0.25) is 0 Å². The first-order valence-electron chi connectivity index (χ1n) is 11.5. The lowest BCUT2D eigenvalue weighted by Crippen LogP contribution is -2.53. The fraction of sp³-hybridized carbons (Fsp3) is 0.480. The Morgan fingerprint density at radius 2 is 1.70 bits per heavy atom. The first-order chi connectivity index (χ1) is 17.2. The second-order valence-corrected chi connectivity index (χ2v) is 9.30. The van der Waals surface area contributed by atoms with E-state index in [-0.39, 0.29) is 24.7 Å². The average Bonchev–Trinajstić information content (AvgIpc) is 3.44. The van der Waals surface area contributed by atoms with Crippen molar-refractivity contribution < 1.29 is 45.7 Å². The molecule has 0 amide bonds. The molecule has 0 fully saturated rings. The van der Waals surface area contributed by atoms with Crippen LogP contribution in [0.5, 0.6) is 17.2 Å². The topological polar surface area (TPSA) is 63.5 Å². The summed E-state index contributed by atoms with van der Waals surface area (Å²) in [4.78, 5) is 6.73. The number of hydrogen-bond donors (Lipinski definition) is 1. The maximum Gasteiger partial charge on any atom is 0.430 e. The highest BCUT2D eigenvalue weighted by molar-refractivity contribution is 5.60. The lowest BCUT2D eigenvalue weighted by molar-refractivity contribution is -0.376. The van der Waals surface area contributed by atoms with E-state index in [0.717, 1.165) is 18.1 Å². The number of aryl methyl sites for hydroxylation is 1. The van der Waals surface area contributed by atoms with E-state index in [1.807, 2.05) is 25.1 Å². The third-order valence-electron chi connectivity index (χ3n) is 6.52. The summed E-state index contributed by atoms with van der Waals surface area (Å²) in [6, 6.07) is 7.99. The summed E-state index contributed by atoms with van der Waals surface area (Å²) < 4.78 is 95.0. The van der Waals surface area contributed by atoms with Gasteiger partial charge in [-0.05, 0) is 62.1 Å². The second-order valence-electron chi connectivity index (χ2n) is 9.30. The number of unbranched alkanes of at least 4 members (excludes halogenated alkanes) is 1. The highest BCUT2D eigenvalue weighted by Crippen LogP contribution is 2.50. The van der Waals surface area contributed by atoms with Crippen LogP contribution < -0.4 is 14.2 Å². The Morgan fingerprint density at radius 3 is 2.38 bits per heavy atom. The smallest absolute Gasteiger partial charge is 0.430 e. The van der Waals surface area contributed by atoms with Gasteiger partial charge in [0.15, 0.2) is 11.5 Å². The summed E-state index contributed by atoms with van der Waals surface area (Å²) in [5, 5.41) is 9.55. The third kappa shape index (κ3) is 5.16. The Hall–Kier alpha value is -3.15. The summed E-state index contributed by atoms with van der Waals surface area (Å²) in [6.07, 6.45) is -8.75. The Balaban J connectivity index is 1.27. The average molecular weight is 532 g/mol. The molecule has 2 aromatic carbocycles. The molecule has 202 valence electrons. The van der Waals surface area contributed by atoms with Crippen molar-refractivity contribution in [1.29, 1.82) is 0 Å². The summed E-state index contributed by atoms with van der Waals surface area (Å²) in [5.41, 5.74) is -5.66. The summed E-state index contributed by atoms with van der Waals surface area (Å²) in [7, 11) is 0. The van der Waals surface area contributed by atoms with Gasteiger partial charge in [-0.2, -0.15) is 26.3 Å². The quantitative estimate of drug-likeness (QED) is 0.362. The molecular formula is C25H26F6N2O4. The molecule has 0 aliphatic carbocycles. The molecule has 4 rings (SSSR count). The van der Waals surface area contributed by atoms with Gasteiger partial charge in [-0.15, -0.1) is 0 Å². The van der Waals surface area contributed by atoms with Crippen molar-refractivity contribution >= 4 is 6.34 Å². The number of benzene rings is 2. The zero-order chi connectivity index (χ0) is 27.1. The minimum absolute atomic E-state index is 0.0515. The van der Waals surface area contributed by atoms with E-state index in [9.17, 15) is 31.4 Å². The highest BCUT2D eigenvalue weighted by Gasteiger charge is 2.71. The van der Waals surface area contributed by atoms with Gasteiger partial charge in [0.25, 0.3) is 5.60 Å². The molecular weight excluding hydrogens is 506 g/mol. The number of alkyl halides is 6. The lowest BCUT2D eigenvalue weighted by Gasteiger charge is -2.33. The van der Waals surface area contributed by atoms with Gasteiger partial charge in [0.2, 0.25) is 6.79 Å². The van der Waals surface area contributed by atoms with Gasteiger partial charge in [-0.3, -0.25) is 4.99 Å². The maximum absolute atomic E-state index is 13.1. The number of aliphatic hydroxyl groups is 1. The van der Waals surface area contributed by atoms with Gasteiger partial charge in [0, 0.05) is 18.7 Å². The molecule has 0 saturated carbocycles. The van der Waals surface area contributed by atoms with Crippen molar-refractivity contribution in [3.63, 3.8) is 0 Å². The van der Waals surface area contributed by atoms with Crippen LogP contribution in [0.25, 0.3) is 0 Å². The van der Waals surface area contributed by atoms with Crippen LogP contribution in [0, 0.1) is 6.92 Å². The first-order valence-corrected chi connectivity index (χ1v) is 11.5. The SMILES string of the molecule is Cc1cc(C(O)(C(F)(F)F)C(F)(F)F)ccc1OCCCCN1C=NC(C)(c2ccc3c(c2)OCO3)C1. The minimum atomic E-state index is -5.93. The molecule has 1 N–H and O–H groups in total. The molecule has 2 aliphatic rings. The van der Waals surface area contributed by atoms with Crippen LogP contribution in [-0.2, 0) is 11.1 Å². The first kappa shape index (κ1) is 26.9. The van der Waals surface area contributed by atoms with Crippen LogP contribution >= 0.6 is 0 Å². The maximum atomic E-state index is 13.1. The number of fused-ring (bicyclic) bond motifs is 1. The molecule has 0 spiro atoms.